The van der Waals surface area contributed by atoms with Crippen LogP contribution in [-0.2, 0) is 0 Å². The first kappa shape index (κ1) is 13.8. The molecule has 1 aliphatic rings. The van der Waals surface area contributed by atoms with E-state index in [1.807, 2.05) is 0 Å². The Morgan fingerprint density at radius 3 is 2.71 bits per heavy atom. The number of aromatic nitrogens is 1. The van der Waals surface area contributed by atoms with Crippen molar-refractivity contribution in [3.05, 3.63) is 30.0 Å². The number of benzene rings is 1. The van der Waals surface area contributed by atoms with Crippen LogP contribution in [0.3, 0.4) is 0 Å². The third-order valence-corrected chi connectivity index (χ3v) is 3.53. The maximum absolute atomic E-state index is 12.6. The Bertz CT molecular complexity index is 688. The number of carbonyl (C=O) groups is 1. The van der Waals surface area contributed by atoms with Gasteiger partial charge in [-0.3, -0.25) is 4.79 Å². The third-order valence-electron chi connectivity index (χ3n) is 3.53. The minimum Gasteiger partial charge on any atom is -0.399 e. The highest BCUT2D eigenvalue weighted by atomic mass is 19.4. The number of nitrogens with zero attached hydrogens (tertiary/aromatic N) is 1. The first-order chi connectivity index (χ1) is 9.85. The Morgan fingerprint density at radius 1 is 1.38 bits per heavy atom. The number of rotatable bonds is 3. The normalized spacial score (nSPS) is 15.4. The summed E-state index contributed by atoms with van der Waals surface area (Å²) in [5.74, 6) is -0.592. The fourth-order valence-corrected chi connectivity index (χ4v) is 2.42. The van der Waals surface area contributed by atoms with Gasteiger partial charge in [0.25, 0.3) is 5.91 Å². The average Bonchev–Trinajstić information content (AvgIpc) is 3.14. The molecule has 1 amide bonds. The van der Waals surface area contributed by atoms with Gasteiger partial charge in [-0.05, 0) is 31.0 Å². The highest BCUT2D eigenvalue weighted by Gasteiger charge is 2.41. The molecule has 21 heavy (non-hydrogen) atoms. The molecule has 0 radical (unpaired) electrons. The highest BCUT2D eigenvalue weighted by molar-refractivity contribution is 6.07. The molecule has 0 saturated heterocycles. The monoisotopic (exact) mass is 297 g/mol. The van der Waals surface area contributed by atoms with E-state index in [-0.39, 0.29) is 11.6 Å². The van der Waals surface area contributed by atoms with E-state index in [4.69, 9.17) is 5.73 Å². The number of nitrogens with two attached hydrogens (primary N) is 1. The van der Waals surface area contributed by atoms with Crippen molar-refractivity contribution in [2.24, 2.45) is 0 Å². The van der Waals surface area contributed by atoms with Crippen molar-refractivity contribution in [2.75, 3.05) is 12.3 Å². The van der Waals surface area contributed by atoms with Crippen molar-refractivity contribution in [3.63, 3.8) is 0 Å². The van der Waals surface area contributed by atoms with Gasteiger partial charge in [0.15, 0.2) is 0 Å². The first-order valence-electron chi connectivity index (χ1n) is 6.59. The maximum Gasteiger partial charge on any atom is 0.406 e. The number of hydrogen-bond donors (Lipinski definition) is 2. The van der Waals surface area contributed by atoms with E-state index in [0.29, 0.717) is 29.4 Å². The molecule has 4 nitrogen and oxygen atoms in total. The van der Waals surface area contributed by atoms with Crippen molar-refractivity contribution in [2.45, 2.75) is 25.1 Å². The standard InChI is InChI=1S/C14H14F3N3O/c15-14(16,17)7-20(9-2-3-9)13(21)11-6-19-12-5-8(18)1-4-10(11)12/h1,4-6,9,19H,2-3,7,18H2. The van der Waals surface area contributed by atoms with Gasteiger partial charge in [-0.15, -0.1) is 0 Å². The van der Waals surface area contributed by atoms with Crippen molar-refractivity contribution < 1.29 is 18.0 Å². The molecule has 1 fully saturated rings. The molecule has 1 aliphatic carbocycles. The third kappa shape index (κ3) is 2.81. The molecular formula is C14H14F3N3O. The van der Waals surface area contributed by atoms with Crippen molar-refractivity contribution in [1.29, 1.82) is 0 Å². The first-order valence-corrected chi connectivity index (χ1v) is 6.59. The van der Waals surface area contributed by atoms with E-state index in [0.717, 1.165) is 4.90 Å². The molecule has 0 spiro atoms. The lowest BCUT2D eigenvalue weighted by Crippen LogP contribution is -2.40. The van der Waals surface area contributed by atoms with Gasteiger partial charge in [-0.1, -0.05) is 0 Å². The van der Waals surface area contributed by atoms with Crippen LogP contribution >= 0.6 is 0 Å². The van der Waals surface area contributed by atoms with Crippen LogP contribution in [0.2, 0.25) is 0 Å². The van der Waals surface area contributed by atoms with Crippen molar-refractivity contribution in [1.82, 2.24) is 9.88 Å². The number of anilines is 1. The lowest BCUT2D eigenvalue weighted by Gasteiger charge is -2.23. The molecular weight excluding hydrogens is 283 g/mol. The van der Waals surface area contributed by atoms with Crippen LogP contribution in [0, 0.1) is 0 Å². The van der Waals surface area contributed by atoms with E-state index >= 15 is 0 Å². The van der Waals surface area contributed by atoms with Gasteiger partial charge in [-0.2, -0.15) is 13.2 Å². The summed E-state index contributed by atoms with van der Waals surface area (Å²) in [4.78, 5) is 16.2. The smallest absolute Gasteiger partial charge is 0.399 e. The summed E-state index contributed by atoms with van der Waals surface area (Å²) < 4.78 is 37.9. The molecule has 0 unspecified atom stereocenters. The van der Waals surface area contributed by atoms with Crippen molar-refractivity contribution in [3.8, 4) is 0 Å². The number of halogens is 3. The van der Waals surface area contributed by atoms with Gasteiger partial charge >= 0.3 is 6.18 Å². The minimum atomic E-state index is -4.39. The fourth-order valence-electron chi connectivity index (χ4n) is 2.42. The van der Waals surface area contributed by atoms with Gasteiger partial charge in [-0.25, -0.2) is 0 Å². The Labute approximate surface area is 118 Å². The molecule has 1 aromatic heterocycles. The summed E-state index contributed by atoms with van der Waals surface area (Å²) in [7, 11) is 0. The molecule has 0 bridgehead atoms. The second kappa shape index (κ2) is 4.68. The zero-order valence-electron chi connectivity index (χ0n) is 11.1. The Morgan fingerprint density at radius 2 is 2.10 bits per heavy atom. The summed E-state index contributed by atoms with van der Waals surface area (Å²) >= 11 is 0. The van der Waals surface area contributed by atoms with E-state index in [1.165, 1.54) is 6.20 Å². The van der Waals surface area contributed by atoms with Gasteiger partial charge in [0.05, 0.1) is 5.56 Å². The largest absolute Gasteiger partial charge is 0.406 e. The molecule has 3 rings (SSSR count). The lowest BCUT2D eigenvalue weighted by atomic mass is 10.1. The number of alkyl halides is 3. The topological polar surface area (TPSA) is 62.1 Å². The minimum absolute atomic E-state index is 0.251. The molecule has 3 N–H and O–H groups in total. The SMILES string of the molecule is Nc1ccc2c(C(=O)N(CC(F)(F)F)C3CC3)c[nH]c2c1. The predicted molar refractivity (Wildman–Crippen MR) is 72.8 cm³/mol. The van der Waals surface area contributed by atoms with Gasteiger partial charge in [0.2, 0.25) is 0 Å². The fraction of sp³-hybridized carbons (Fsp3) is 0.357. The van der Waals surface area contributed by atoms with Crippen LogP contribution in [0.1, 0.15) is 23.2 Å². The van der Waals surface area contributed by atoms with Gasteiger partial charge in [0.1, 0.15) is 6.54 Å². The highest BCUT2D eigenvalue weighted by Crippen LogP contribution is 2.32. The maximum atomic E-state index is 12.6. The molecule has 1 aromatic carbocycles. The summed E-state index contributed by atoms with van der Waals surface area (Å²) in [6, 6.07) is 4.61. The van der Waals surface area contributed by atoms with Crippen LogP contribution in [0.25, 0.3) is 10.9 Å². The number of aromatic amines is 1. The van der Waals surface area contributed by atoms with Gasteiger partial charge < -0.3 is 15.6 Å². The Kier molecular flexibility index (Phi) is 3.07. The molecule has 0 aliphatic heterocycles. The average molecular weight is 297 g/mol. The molecule has 1 heterocycles. The second-order valence-corrected chi connectivity index (χ2v) is 5.29. The molecule has 112 valence electrons. The number of H-pyrrole nitrogens is 1. The summed E-state index contributed by atoms with van der Waals surface area (Å²) in [6.07, 6.45) is -1.71. The number of hydrogen-bond acceptors (Lipinski definition) is 2. The van der Waals surface area contributed by atoms with E-state index in [1.54, 1.807) is 18.2 Å². The zero-order chi connectivity index (χ0) is 15.2. The number of amides is 1. The number of nitrogen functional groups attached to an aromatic ring is 1. The summed E-state index contributed by atoms with van der Waals surface area (Å²) in [6.45, 7) is -1.21. The van der Waals surface area contributed by atoms with Crippen LogP contribution in [-0.4, -0.2) is 34.6 Å². The van der Waals surface area contributed by atoms with E-state index < -0.39 is 18.6 Å². The van der Waals surface area contributed by atoms with Crippen LogP contribution in [0.4, 0.5) is 18.9 Å². The van der Waals surface area contributed by atoms with Crippen LogP contribution in [0.15, 0.2) is 24.4 Å². The predicted octanol–water partition coefficient (Wildman–Crippen LogP) is 2.92. The van der Waals surface area contributed by atoms with Gasteiger partial charge in [0, 0.05) is 28.8 Å². The molecule has 7 heteroatoms. The number of nitrogens with one attached hydrogen (secondary N) is 1. The number of carbonyl (C=O) groups excluding carboxylic acids is 1. The van der Waals surface area contributed by atoms with Crippen LogP contribution in [0.5, 0.6) is 0 Å². The van der Waals surface area contributed by atoms with Crippen molar-refractivity contribution >= 4 is 22.5 Å². The Hall–Kier alpha value is -2.18. The quantitative estimate of drug-likeness (QED) is 0.856. The van der Waals surface area contributed by atoms with E-state index in [9.17, 15) is 18.0 Å². The Balaban J connectivity index is 1.94. The number of fused-ring (bicyclic) bond motifs is 1. The molecule has 2 aromatic rings. The lowest BCUT2D eigenvalue weighted by molar-refractivity contribution is -0.141. The second-order valence-electron chi connectivity index (χ2n) is 5.29. The van der Waals surface area contributed by atoms with E-state index in [2.05, 4.69) is 4.98 Å². The van der Waals surface area contributed by atoms with Crippen LogP contribution < -0.4 is 5.73 Å². The molecule has 1 saturated carbocycles. The zero-order valence-corrected chi connectivity index (χ0v) is 11.1. The summed E-state index contributed by atoms with van der Waals surface area (Å²) in [5, 5.41) is 0.585. The molecule has 0 atom stereocenters. The summed E-state index contributed by atoms with van der Waals surface area (Å²) in [5.41, 5.74) is 7.06.